The summed E-state index contributed by atoms with van der Waals surface area (Å²) in [5.74, 6) is 0.869. The molecule has 0 radical (unpaired) electrons. The standard InChI is InChI=1S/C15H31N3O2/c1-3-14(19)5-9-17-15(20)16-8-4-10-18-11-6-13(2)7-12-18/h13-14,19H,3-12H2,1-2H3,(H2,16,17,20). The number of carbonyl (C=O) groups is 1. The van der Waals surface area contributed by atoms with Gasteiger partial charge in [-0.2, -0.15) is 0 Å². The van der Waals surface area contributed by atoms with Crippen molar-refractivity contribution in [3.63, 3.8) is 0 Å². The summed E-state index contributed by atoms with van der Waals surface area (Å²) in [6, 6.07) is -0.124. The molecule has 20 heavy (non-hydrogen) atoms. The van der Waals surface area contributed by atoms with E-state index in [0.717, 1.165) is 25.3 Å². The largest absolute Gasteiger partial charge is 0.393 e. The summed E-state index contributed by atoms with van der Waals surface area (Å²) in [5.41, 5.74) is 0. The highest BCUT2D eigenvalue weighted by molar-refractivity contribution is 5.73. The van der Waals surface area contributed by atoms with Gasteiger partial charge in [-0.1, -0.05) is 13.8 Å². The van der Waals surface area contributed by atoms with Crippen molar-refractivity contribution >= 4 is 6.03 Å². The topological polar surface area (TPSA) is 64.6 Å². The van der Waals surface area contributed by atoms with Gasteiger partial charge in [0.2, 0.25) is 0 Å². The smallest absolute Gasteiger partial charge is 0.314 e. The number of nitrogens with zero attached hydrogens (tertiary/aromatic N) is 1. The molecule has 1 atom stereocenters. The average molecular weight is 285 g/mol. The first-order valence-corrected chi connectivity index (χ1v) is 8.04. The molecular formula is C15H31N3O2. The van der Waals surface area contributed by atoms with Crippen LogP contribution in [0.2, 0.25) is 0 Å². The molecule has 0 aromatic heterocycles. The minimum Gasteiger partial charge on any atom is -0.393 e. The summed E-state index contributed by atoms with van der Waals surface area (Å²) < 4.78 is 0. The van der Waals surface area contributed by atoms with Gasteiger partial charge in [-0.25, -0.2) is 4.79 Å². The number of aliphatic hydroxyl groups is 1. The van der Waals surface area contributed by atoms with Crippen molar-refractivity contribution in [3.05, 3.63) is 0 Å². The number of carbonyl (C=O) groups excluding carboxylic acids is 1. The normalized spacial score (nSPS) is 18.8. The second-order valence-electron chi connectivity index (χ2n) is 5.91. The van der Waals surface area contributed by atoms with Gasteiger partial charge in [-0.3, -0.25) is 0 Å². The van der Waals surface area contributed by atoms with E-state index in [4.69, 9.17) is 0 Å². The first-order valence-electron chi connectivity index (χ1n) is 8.04. The summed E-state index contributed by atoms with van der Waals surface area (Å²) in [6.45, 7) is 8.97. The van der Waals surface area contributed by atoms with Crippen LogP contribution in [-0.2, 0) is 0 Å². The Balaban J connectivity index is 1.94. The van der Waals surface area contributed by atoms with E-state index in [1.54, 1.807) is 0 Å². The molecule has 1 fully saturated rings. The maximum Gasteiger partial charge on any atom is 0.314 e. The molecule has 3 N–H and O–H groups in total. The Labute approximate surface area is 123 Å². The zero-order valence-corrected chi connectivity index (χ0v) is 13.0. The molecule has 0 aromatic rings. The van der Waals surface area contributed by atoms with Gasteiger partial charge in [-0.05, 0) is 57.7 Å². The van der Waals surface area contributed by atoms with Gasteiger partial charge in [0.15, 0.2) is 0 Å². The van der Waals surface area contributed by atoms with Crippen molar-refractivity contribution in [1.29, 1.82) is 0 Å². The first kappa shape index (κ1) is 17.2. The van der Waals surface area contributed by atoms with Crippen LogP contribution in [0.15, 0.2) is 0 Å². The highest BCUT2D eigenvalue weighted by atomic mass is 16.3. The second kappa shape index (κ2) is 10.00. The molecule has 2 amide bonds. The van der Waals surface area contributed by atoms with Gasteiger partial charge in [-0.15, -0.1) is 0 Å². The summed E-state index contributed by atoms with van der Waals surface area (Å²) in [5, 5.41) is 15.0. The first-order chi connectivity index (χ1) is 9.61. The molecule has 1 rings (SSSR count). The van der Waals surface area contributed by atoms with E-state index in [0.29, 0.717) is 19.5 Å². The molecule has 5 nitrogen and oxygen atoms in total. The number of hydrogen-bond donors (Lipinski definition) is 3. The zero-order valence-electron chi connectivity index (χ0n) is 13.0. The number of urea groups is 1. The van der Waals surface area contributed by atoms with E-state index < -0.39 is 0 Å². The average Bonchev–Trinajstić information content (AvgIpc) is 2.45. The molecule has 1 saturated heterocycles. The third kappa shape index (κ3) is 7.70. The zero-order chi connectivity index (χ0) is 14.8. The molecule has 0 spiro atoms. The summed E-state index contributed by atoms with van der Waals surface area (Å²) in [4.78, 5) is 14.0. The lowest BCUT2D eigenvalue weighted by atomic mass is 9.99. The van der Waals surface area contributed by atoms with E-state index in [2.05, 4.69) is 22.5 Å². The van der Waals surface area contributed by atoms with Gasteiger partial charge >= 0.3 is 6.03 Å². The number of likely N-dealkylation sites (tertiary alicyclic amines) is 1. The van der Waals surface area contributed by atoms with Gasteiger partial charge < -0.3 is 20.6 Å². The van der Waals surface area contributed by atoms with Gasteiger partial charge in [0.1, 0.15) is 0 Å². The third-order valence-electron chi connectivity index (χ3n) is 4.05. The molecule has 118 valence electrons. The Morgan fingerprint density at radius 3 is 2.60 bits per heavy atom. The van der Waals surface area contributed by atoms with Crippen LogP contribution in [-0.4, -0.2) is 54.9 Å². The number of amides is 2. The SMILES string of the molecule is CCC(O)CCNC(=O)NCCCN1CCC(C)CC1. The Morgan fingerprint density at radius 2 is 1.95 bits per heavy atom. The number of nitrogens with one attached hydrogen (secondary N) is 2. The van der Waals surface area contributed by atoms with Crippen LogP contribution >= 0.6 is 0 Å². The molecule has 0 bridgehead atoms. The molecule has 1 heterocycles. The molecule has 1 aliphatic rings. The van der Waals surface area contributed by atoms with E-state index >= 15 is 0 Å². The van der Waals surface area contributed by atoms with Crippen LogP contribution in [0.5, 0.6) is 0 Å². The van der Waals surface area contributed by atoms with Gasteiger partial charge in [0, 0.05) is 13.1 Å². The third-order valence-corrected chi connectivity index (χ3v) is 4.05. The van der Waals surface area contributed by atoms with Crippen molar-refractivity contribution in [2.45, 2.75) is 52.1 Å². The lowest BCUT2D eigenvalue weighted by Crippen LogP contribution is -2.39. The summed E-state index contributed by atoms with van der Waals surface area (Å²) in [7, 11) is 0. The lowest BCUT2D eigenvalue weighted by Gasteiger charge is -2.30. The maximum absolute atomic E-state index is 11.5. The second-order valence-corrected chi connectivity index (χ2v) is 5.91. The molecule has 1 unspecified atom stereocenters. The van der Waals surface area contributed by atoms with Crippen LogP contribution in [0.1, 0.15) is 46.0 Å². The Kier molecular flexibility index (Phi) is 8.62. The fourth-order valence-electron chi connectivity index (χ4n) is 2.41. The molecule has 1 aliphatic heterocycles. The highest BCUT2D eigenvalue weighted by Gasteiger charge is 2.14. The molecule has 5 heteroatoms. The monoisotopic (exact) mass is 285 g/mol. The molecule has 0 aromatic carbocycles. The predicted molar refractivity (Wildman–Crippen MR) is 81.8 cm³/mol. The van der Waals surface area contributed by atoms with E-state index in [1.807, 2.05) is 6.92 Å². The quantitative estimate of drug-likeness (QED) is 0.593. The summed E-state index contributed by atoms with van der Waals surface area (Å²) >= 11 is 0. The van der Waals surface area contributed by atoms with Gasteiger partial charge in [0.25, 0.3) is 0 Å². The van der Waals surface area contributed by atoms with Crippen LogP contribution in [0.4, 0.5) is 4.79 Å². The number of aliphatic hydroxyl groups excluding tert-OH is 1. The molecular weight excluding hydrogens is 254 g/mol. The molecule has 0 saturated carbocycles. The minimum absolute atomic E-state index is 0.124. The minimum atomic E-state index is -0.309. The Bertz CT molecular complexity index is 266. The summed E-state index contributed by atoms with van der Waals surface area (Å²) in [6.07, 6.45) is 4.64. The number of piperidine rings is 1. The predicted octanol–water partition coefficient (Wildman–Crippen LogP) is 1.57. The van der Waals surface area contributed by atoms with Crippen LogP contribution in [0.3, 0.4) is 0 Å². The Morgan fingerprint density at radius 1 is 1.30 bits per heavy atom. The van der Waals surface area contributed by atoms with Crippen LogP contribution < -0.4 is 10.6 Å². The number of rotatable bonds is 8. The van der Waals surface area contributed by atoms with E-state index in [-0.39, 0.29) is 12.1 Å². The Hall–Kier alpha value is -0.810. The highest BCUT2D eigenvalue weighted by Crippen LogP contribution is 2.15. The van der Waals surface area contributed by atoms with Gasteiger partial charge in [0.05, 0.1) is 6.10 Å². The van der Waals surface area contributed by atoms with E-state index in [9.17, 15) is 9.90 Å². The van der Waals surface area contributed by atoms with Crippen molar-refractivity contribution < 1.29 is 9.90 Å². The van der Waals surface area contributed by atoms with Crippen molar-refractivity contribution in [2.24, 2.45) is 5.92 Å². The fraction of sp³-hybridized carbons (Fsp3) is 0.933. The lowest BCUT2D eigenvalue weighted by molar-refractivity contribution is 0.160. The van der Waals surface area contributed by atoms with Crippen molar-refractivity contribution in [3.8, 4) is 0 Å². The maximum atomic E-state index is 11.5. The van der Waals surface area contributed by atoms with Crippen LogP contribution in [0, 0.1) is 5.92 Å². The molecule has 0 aliphatic carbocycles. The van der Waals surface area contributed by atoms with Crippen LogP contribution in [0.25, 0.3) is 0 Å². The fourth-order valence-corrected chi connectivity index (χ4v) is 2.41. The van der Waals surface area contributed by atoms with E-state index in [1.165, 1.54) is 25.9 Å². The number of hydrogen-bond acceptors (Lipinski definition) is 3. The van der Waals surface area contributed by atoms with Crippen molar-refractivity contribution in [1.82, 2.24) is 15.5 Å². The van der Waals surface area contributed by atoms with Crippen molar-refractivity contribution in [2.75, 3.05) is 32.7 Å².